The van der Waals surface area contributed by atoms with Gasteiger partial charge in [-0.3, -0.25) is 9.59 Å². The molecule has 0 aliphatic heterocycles. The number of hydrogen-bond donors (Lipinski definition) is 2. The van der Waals surface area contributed by atoms with E-state index < -0.39 is 11.7 Å². The van der Waals surface area contributed by atoms with Crippen LogP contribution in [0.3, 0.4) is 0 Å². The van der Waals surface area contributed by atoms with Crippen molar-refractivity contribution < 1.29 is 14.3 Å². The molecule has 1 atom stereocenters. The van der Waals surface area contributed by atoms with Crippen LogP contribution in [0.2, 0.25) is 0 Å². The van der Waals surface area contributed by atoms with Gasteiger partial charge in [-0.15, -0.1) is 0 Å². The number of methoxy groups -OCH3 is 1. The van der Waals surface area contributed by atoms with Gasteiger partial charge in [0.2, 0.25) is 0 Å². The van der Waals surface area contributed by atoms with Gasteiger partial charge in [-0.1, -0.05) is 18.2 Å². The quantitative estimate of drug-likeness (QED) is 0.632. The molecule has 0 bridgehead atoms. The lowest BCUT2D eigenvalue weighted by molar-refractivity contribution is -0.117. The van der Waals surface area contributed by atoms with Crippen LogP contribution in [0, 0.1) is 0 Å². The van der Waals surface area contributed by atoms with Crippen LogP contribution in [0.4, 0.5) is 0 Å². The molecule has 1 heterocycles. The highest BCUT2D eigenvalue weighted by molar-refractivity contribution is 6.45. The smallest absolute Gasteiger partial charge is 0.292 e. The normalized spacial score (nSPS) is 12.3. The molecule has 1 aromatic carbocycles. The lowest BCUT2D eigenvalue weighted by Gasteiger charge is -2.11. The Kier molecular flexibility index (Phi) is 3.97. The Morgan fingerprint density at radius 3 is 2.84 bits per heavy atom. The molecule has 5 heteroatoms. The van der Waals surface area contributed by atoms with E-state index in [1.807, 2.05) is 24.3 Å². The van der Waals surface area contributed by atoms with Crippen molar-refractivity contribution >= 4 is 22.6 Å². The van der Waals surface area contributed by atoms with E-state index in [-0.39, 0.29) is 6.04 Å². The average Bonchev–Trinajstić information content (AvgIpc) is 2.81. The second-order valence-electron chi connectivity index (χ2n) is 4.41. The lowest BCUT2D eigenvalue weighted by Crippen LogP contribution is -2.39. The number of amides is 1. The Labute approximate surface area is 110 Å². The number of benzene rings is 1. The number of fused-ring (bicyclic) bond motifs is 1. The first kappa shape index (κ1) is 13.3. The maximum Gasteiger partial charge on any atom is 0.292 e. The van der Waals surface area contributed by atoms with Crippen LogP contribution < -0.4 is 5.32 Å². The van der Waals surface area contributed by atoms with Gasteiger partial charge in [0.05, 0.1) is 12.2 Å². The summed E-state index contributed by atoms with van der Waals surface area (Å²) in [4.78, 5) is 26.9. The topological polar surface area (TPSA) is 71.2 Å². The number of Topliss-reactive ketones (excluding diaryl/α,β-unsaturated/α-hetero) is 1. The van der Waals surface area contributed by atoms with Gasteiger partial charge in [0.25, 0.3) is 11.7 Å². The highest BCUT2D eigenvalue weighted by Crippen LogP contribution is 2.18. The third-order valence-electron chi connectivity index (χ3n) is 2.83. The molecule has 1 amide bonds. The zero-order valence-corrected chi connectivity index (χ0v) is 10.9. The first-order valence-electron chi connectivity index (χ1n) is 6.03. The van der Waals surface area contributed by atoms with Gasteiger partial charge in [0.15, 0.2) is 0 Å². The van der Waals surface area contributed by atoms with E-state index in [1.165, 1.54) is 0 Å². The van der Waals surface area contributed by atoms with E-state index in [4.69, 9.17) is 4.74 Å². The zero-order chi connectivity index (χ0) is 13.8. The lowest BCUT2D eigenvalue weighted by atomic mass is 10.1. The van der Waals surface area contributed by atoms with Gasteiger partial charge in [-0.25, -0.2) is 0 Å². The average molecular weight is 260 g/mol. The summed E-state index contributed by atoms with van der Waals surface area (Å²) in [6, 6.07) is 7.17. The van der Waals surface area contributed by atoms with Crippen molar-refractivity contribution in [2.45, 2.75) is 13.0 Å². The fourth-order valence-corrected chi connectivity index (χ4v) is 1.96. The molecule has 1 unspecified atom stereocenters. The number of aromatic amines is 1. The van der Waals surface area contributed by atoms with Crippen LogP contribution in [0.5, 0.6) is 0 Å². The van der Waals surface area contributed by atoms with Gasteiger partial charge < -0.3 is 15.0 Å². The minimum absolute atomic E-state index is 0.202. The number of H-pyrrole nitrogens is 1. The third kappa shape index (κ3) is 2.82. The minimum Gasteiger partial charge on any atom is -0.383 e. The molecule has 0 fully saturated rings. The number of ketones is 1. The zero-order valence-electron chi connectivity index (χ0n) is 10.9. The van der Waals surface area contributed by atoms with Crippen molar-refractivity contribution in [1.82, 2.24) is 10.3 Å². The molecule has 0 aliphatic carbocycles. The molecule has 100 valence electrons. The predicted molar refractivity (Wildman–Crippen MR) is 72.1 cm³/mol. The number of para-hydroxylation sites is 1. The summed E-state index contributed by atoms with van der Waals surface area (Å²) in [5, 5.41) is 3.36. The van der Waals surface area contributed by atoms with Crippen molar-refractivity contribution in [1.29, 1.82) is 0 Å². The summed E-state index contributed by atoms with van der Waals surface area (Å²) < 4.78 is 4.91. The van der Waals surface area contributed by atoms with Crippen LogP contribution in [0.1, 0.15) is 17.3 Å². The molecule has 0 spiro atoms. The summed E-state index contributed by atoms with van der Waals surface area (Å²) in [6.45, 7) is 2.15. The van der Waals surface area contributed by atoms with E-state index in [0.717, 1.165) is 10.9 Å². The van der Waals surface area contributed by atoms with E-state index in [0.29, 0.717) is 12.2 Å². The third-order valence-corrected chi connectivity index (χ3v) is 2.83. The van der Waals surface area contributed by atoms with Crippen LogP contribution >= 0.6 is 0 Å². The van der Waals surface area contributed by atoms with E-state index in [1.54, 1.807) is 20.2 Å². The largest absolute Gasteiger partial charge is 0.383 e. The standard InChI is InChI=1S/C14H16N2O3/c1-9(8-19-2)16-14(18)13(17)11-7-15-12-6-4-3-5-10(11)12/h3-7,9,15H,8H2,1-2H3,(H,16,18). The molecule has 0 radical (unpaired) electrons. The van der Waals surface area contributed by atoms with Gasteiger partial charge in [0, 0.05) is 30.3 Å². The van der Waals surface area contributed by atoms with Crippen molar-refractivity contribution in [3.05, 3.63) is 36.0 Å². The molecule has 0 aliphatic rings. The van der Waals surface area contributed by atoms with E-state index in [2.05, 4.69) is 10.3 Å². The molecular formula is C14H16N2O3. The molecule has 2 N–H and O–H groups in total. The molecule has 2 rings (SSSR count). The van der Waals surface area contributed by atoms with Crippen molar-refractivity contribution in [3.63, 3.8) is 0 Å². The molecule has 19 heavy (non-hydrogen) atoms. The van der Waals surface area contributed by atoms with Crippen molar-refractivity contribution in [3.8, 4) is 0 Å². The second kappa shape index (κ2) is 5.67. The molecule has 5 nitrogen and oxygen atoms in total. The number of carbonyl (C=O) groups excluding carboxylic acids is 2. The van der Waals surface area contributed by atoms with E-state index >= 15 is 0 Å². The highest BCUT2D eigenvalue weighted by Gasteiger charge is 2.20. The maximum absolute atomic E-state index is 12.1. The summed E-state index contributed by atoms with van der Waals surface area (Å²) in [5.41, 5.74) is 1.22. The summed E-state index contributed by atoms with van der Waals surface area (Å²) >= 11 is 0. The Morgan fingerprint density at radius 2 is 2.11 bits per heavy atom. The summed E-state index contributed by atoms with van der Waals surface area (Å²) in [6.07, 6.45) is 1.56. The fourth-order valence-electron chi connectivity index (χ4n) is 1.96. The number of aromatic nitrogens is 1. The Hall–Kier alpha value is -2.14. The number of carbonyl (C=O) groups is 2. The monoisotopic (exact) mass is 260 g/mol. The Morgan fingerprint density at radius 1 is 1.37 bits per heavy atom. The minimum atomic E-state index is -0.616. The van der Waals surface area contributed by atoms with Crippen molar-refractivity contribution in [2.24, 2.45) is 0 Å². The molecular weight excluding hydrogens is 244 g/mol. The van der Waals surface area contributed by atoms with Gasteiger partial charge in [-0.05, 0) is 13.0 Å². The van der Waals surface area contributed by atoms with Gasteiger partial charge in [-0.2, -0.15) is 0 Å². The molecule has 2 aromatic rings. The van der Waals surface area contributed by atoms with E-state index in [9.17, 15) is 9.59 Å². The summed E-state index contributed by atoms with van der Waals surface area (Å²) in [5.74, 6) is -1.16. The summed E-state index contributed by atoms with van der Waals surface area (Å²) in [7, 11) is 1.55. The molecule has 1 aromatic heterocycles. The van der Waals surface area contributed by atoms with Crippen LogP contribution in [0.15, 0.2) is 30.5 Å². The van der Waals surface area contributed by atoms with Crippen LogP contribution in [0.25, 0.3) is 10.9 Å². The SMILES string of the molecule is COCC(C)NC(=O)C(=O)c1c[nH]c2ccccc12. The number of nitrogens with one attached hydrogen (secondary N) is 2. The van der Waals surface area contributed by atoms with Crippen molar-refractivity contribution in [2.75, 3.05) is 13.7 Å². The Balaban J connectivity index is 2.17. The predicted octanol–water partition coefficient (Wildman–Crippen LogP) is 1.50. The fraction of sp³-hybridized carbons (Fsp3) is 0.286. The number of ether oxygens (including phenoxy) is 1. The molecule has 0 saturated carbocycles. The first-order chi connectivity index (χ1) is 9.13. The second-order valence-corrected chi connectivity index (χ2v) is 4.41. The highest BCUT2D eigenvalue weighted by atomic mass is 16.5. The number of hydrogen-bond acceptors (Lipinski definition) is 3. The van der Waals surface area contributed by atoms with Crippen LogP contribution in [-0.4, -0.2) is 36.4 Å². The maximum atomic E-state index is 12.1. The van der Waals surface area contributed by atoms with Gasteiger partial charge >= 0.3 is 0 Å². The first-order valence-corrected chi connectivity index (χ1v) is 6.03. The van der Waals surface area contributed by atoms with Gasteiger partial charge in [0.1, 0.15) is 0 Å². The Bertz CT molecular complexity index is 604. The van der Waals surface area contributed by atoms with Crippen LogP contribution in [-0.2, 0) is 9.53 Å². The molecule has 0 saturated heterocycles. The number of rotatable bonds is 5.